The van der Waals surface area contributed by atoms with Crippen molar-refractivity contribution in [1.29, 1.82) is 0 Å². The van der Waals surface area contributed by atoms with E-state index < -0.39 is 18.1 Å². The number of amides is 1. The third-order valence-corrected chi connectivity index (χ3v) is 2.28. The van der Waals surface area contributed by atoms with Crippen LogP contribution in [0.15, 0.2) is 0 Å². The lowest BCUT2D eigenvalue weighted by Gasteiger charge is -2.19. The maximum absolute atomic E-state index is 11.8. The molecule has 0 radical (unpaired) electrons. The van der Waals surface area contributed by atoms with Gasteiger partial charge in [-0.3, -0.25) is 0 Å². The molecule has 1 amide bonds. The third kappa shape index (κ3) is 9.33. The molecule has 0 aromatic rings. The van der Waals surface area contributed by atoms with Crippen LogP contribution in [0.5, 0.6) is 0 Å². The summed E-state index contributed by atoms with van der Waals surface area (Å²) in [5.41, 5.74) is 0. The fourth-order valence-corrected chi connectivity index (χ4v) is 1.42. The smallest absolute Gasteiger partial charge is 0.407 e. The summed E-state index contributed by atoms with van der Waals surface area (Å²) in [6, 6.07) is -0.633. The van der Waals surface area contributed by atoms with E-state index in [-0.39, 0.29) is 11.8 Å². The summed E-state index contributed by atoms with van der Waals surface area (Å²) >= 11 is 0. The van der Waals surface area contributed by atoms with Crippen molar-refractivity contribution in [3.63, 3.8) is 0 Å². The Morgan fingerprint density at radius 1 is 1.05 bits per heavy atom. The summed E-state index contributed by atoms with van der Waals surface area (Å²) in [6.45, 7) is 10.5. The molecule has 0 bridgehead atoms. The predicted molar refractivity (Wildman–Crippen MR) is 73.8 cm³/mol. The average molecular weight is 273 g/mol. The van der Waals surface area contributed by atoms with Crippen LogP contribution in [0.3, 0.4) is 0 Å². The molecule has 0 rings (SSSR count). The highest BCUT2D eigenvalue weighted by Gasteiger charge is 2.23. The van der Waals surface area contributed by atoms with Gasteiger partial charge in [-0.15, -0.1) is 0 Å². The molecule has 5 heteroatoms. The number of hydrogen-bond acceptors (Lipinski definition) is 4. The molecule has 112 valence electrons. The number of hydrogen-bond donors (Lipinski definition) is 1. The number of carbonyl (C=O) groups excluding carboxylic acids is 2. The fourth-order valence-electron chi connectivity index (χ4n) is 1.42. The second-order valence-electron chi connectivity index (χ2n) is 5.49. The van der Waals surface area contributed by atoms with Crippen molar-refractivity contribution in [1.82, 2.24) is 5.32 Å². The number of esters is 1. The minimum atomic E-state index is -0.633. The van der Waals surface area contributed by atoms with Gasteiger partial charge < -0.3 is 14.8 Å². The van der Waals surface area contributed by atoms with E-state index >= 15 is 0 Å². The second kappa shape index (κ2) is 9.64. The van der Waals surface area contributed by atoms with Crippen LogP contribution in [0.25, 0.3) is 0 Å². The Morgan fingerprint density at radius 2 is 1.68 bits per heavy atom. The quantitative estimate of drug-likeness (QED) is 0.691. The molecule has 0 aromatic carbocycles. The second-order valence-corrected chi connectivity index (χ2v) is 5.49. The summed E-state index contributed by atoms with van der Waals surface area (Å²) in [7, 11) is 0. The first kappa shape index (κ1) is 17.7. The maximum Gasteiger partial charge on any atom is 0.407 e. The Morgan fingerprint density at radius 3 is 2.16 bits per heavy atom. The average Bonchev–Trinajstić information content (AvgIpc) is 2.32. The molecule has 1 unspecified atom stereocenters. The summed E-state index contributed by atoms with van der Waals surface area (Å²) < 4.78 is 10.1. The predicted octanol–water partition coefficient (Wildman–Crippen LogP) is 2.74. The number of nitrogens with one attached hydrogen (secondary N) is 1. The van der Waals surface area contributed by atoms with Gasteiger partial charge in [0.25, 0.3) is 0 Å². The van der Waals surface area contributed by atoms with Gasteiger partial charge in [0.2, 0.25) is 0 Å². The molecule has 0 saturated carbocycles. The summed E-state index contributed by atoms with van der Waals surface area (Å²) in [4.78, 5) is 23.4. The Balaban J connectivity index is 4.33. The van der Waals surface area contributed by atoms with Gasteiger partial charge in [-0.05, 0) is 24.7 Å². The van der Waals surface area contributed by atoms with Crippen LogP contribution in [-0.4, -0.2) is 31.3 Å². The summed E-state index contributed by atoms with van der Waals surface area (Å²) in [6.07, 6.45) is 0.741. The number of ether oxygens (including phenoxy) is 2. The first-order valence-electron chi connectivity index (χ1n) is 6.96. The van der Waals surface area contributed by atoms with Gasteiger partial charge >= 0.3 is 12.1 Å². The lowest BCUT2D eigenvalue weighted by Crippen LogP contribution is -2.43. The standard InChI is InChI=1S/C14H27NO4/c1-6-7-18-13(16)12(8-10(2)3)15-14(17)19-9-11(4)5/h10-12H,6-9H2,1-5H3,(H,15,17). The normalized spacial score (nSPS) is 12.4. The van der Waals surface area contributed by atoms with E-state index in [0.29, 0.717) is 19.6 Å². The van der Waals surface area contributed by atoms with Crippen molar-refractivity contribution >= 4 is 12.1 Å². The van der Waals surface area contributed by atoms with Crippen molar-refractivity contribution in [2.24, 2.45) is 11.8 Å². The fraction of sp³-hybridized carbons (Fsp3) is 0.857. The highest BCUT2D eigenvalue weighted by molar-refractivity contribution is 5.81. The summed E-state index contributed by atoms with van der Waals surface area (Å²) in [5, 5.41) is 2.58. The molecule has 5 nitrogen and oxygen atoms in total. The first-order valence-corrected chi connectivity index (χ1v) is 6.96. The Hall–Kier alpha value is -1.26. The summed E-state index contributed by atoms with van der Waals surface area (Å²) in [5.74, 6) is 0.156. The van der Waals surface area contributed by atoms with Gasteiger partial charge in [0, 0.05) is 0 Å². The lowest BCUT2D eigenvalue weighted by molar-refractivity contribution is -0.146. The molecule has 1 N–H and O–H groups in total. The number of carbonyl (C=O) groups is 2. The molecular weight excluding hydrogens is 246 g/mol. The van der Waals surface area contributed by atoms with Crippen molar-refractivity contribution in [3.8, 4) is 0 Å². The van der Waals surface area contributed by atoms with E-state index in [1.807, 2.05) is 34.6 Å². The lowest BCUT2D eigenvalue weighted by atomic mass is 10.0. The van der Waals surface area contributed by atoms with Crippen molar-refractivity contribution in [2.45, 2.75) is 53.5 Å². The molecule has 1 atom stereocenters. The van der Waals surface area contributed by atoms with Gasteiger partial charge in [-0.2, -0.15) is 0 Å². The molecule has 0 aliphatic carbocycles. The Bertz CT molecular complexity index is 277. The van der Waals surface area contributed by atoms with E-state index in [0.717, 1.165) is 6.42 Å². The molecule has 0 fully saturated rings. The van der Waals surface area contributed by atoms with Crippen LogP contribution in [-0.2, 0) is 14.3 Å². The Kier molecular flexibility index (Phi) is 9.00. The molecule has 0 saturated heterocycles. The maximum atomic E-state index is 11.8. The molecule has 0 aliphatic heterocycles. The Labute approximate surface area is 116 Å². The number of alkyl carbamates (subject to hydrolysis) is 1. The van der Waals surface area contributed by atoms with Crippen LogP contribution >= 0.6 is 0 Å². The zero-order chi connectivity index (χ0) is 14.8. The van der Waals surface area contributed by atoms with Gasteiger partial charge in [-0.1, -0.05) is 34.6 Å². The molecule has 0 spiro atoms. The first-order chi connectivity index (χ1) is 8.86. The van der Waals surface area contributed by atoms with Crippen LogP contribution in [0, 0.1) is 11.8 Å². The minimum Gasteiger partial charge on any atom is -0.464 e. The molecule has 0 heterocycles. The molecule has 0 aliphatic rings. The third-order valence-electron chi connectivity index (χ3n) is 2.28. The largest absolute Gasteiger partial charge is 0.464 e. The SMILES string of the molecule is CCCOC(=O)C(CC(C)C)NC(=O)OCC(C)C. The van der Waals surface area contributed by atoms with Gasteiger partial charge in [0.05, 0.1) is 13.2 Å². The zero-order valence-electron chi connectivity index (χ0n) is 12.7. The highest BCUT2D eigenvalue weighted by atomic mass is 16.6. The monoisotopic (exact) mass is 273 g/mol. The van der Waals surface area contributed by atoms with Crippen molar-refractivity contribution in [2.75, 3.05) is 13.2 Å². The van der Waals surface area contributed by atoms with E-state index in [1.165, 1.54) is 0 Å². The van der Waals surface area contributed by atoms with Crippen LogP contribution in [0.2, 0.25) is 0 Å². The number of rotatable bonds is 8. The van der Waals surface area contributed by atoms with Crippen molar-refractivity contribution < 1.29 is 19.1 Å². The van der Waals surface area contributed by atoms with Crippen LogP contribution in [0.1, 0.15) is 47.5 Å². The van der Waals surface area contributed by atoms with E-state index in [2.05, 4.69) is 5.32 Å². The minimum absolute atomic E-state index is 0.265. The van der Waals surface area contributed by atoms with Gasteiger partial charge in [0.1, 0.15) is 6.04 Å². The van der Waals surface area contributed by atoms with Crippen LogP contribution < -0.4 is 5.32 Å². The molecular formula is C14H27NO4. The van der Waals surface area contributed by atoms with E-state index in [1.54, 1.807) is 0 Å². The van der Waals surface area contributed by atoms with Gasteiger partial charge in [-0.25, -0.2) is 9.59 Å². The molecule has 0 aromatic heterocycles. The topological polar surface area (TPSA) is 64.6 Å². The van der Waals surface area contributed by atoms with Gasteiger partial charge in [0.15, 0.2) is 0 Å². The highest BCUT2D eigenvalue weighted by Crippen LogP contribution is 2.07. The van der Waals surface area contributed by atoms with Crippen LogP contribution in [0.4, 0.5) is 4.79 Å². The molecule has 19 heavy (non-hydrogen) atoms. The van der Waals surface area contributed by atoms with Crippen molar-refractivity contribution in [3.05, 3.63) is 0 Å². The zero-order valence-corrected chi connectivity index (χ0v) is 12.7. The van der Waals surface area contributed by atoms with E-state index in [4.69, 9.17) is 9.47 Å². The van der Waals surface area contributed by atoms with E-state index in [9.17, 15) is 9.59 Å².